The molecule has 1 atom stereocenters. The van der Waals surface area contributed by atoms with Crippen LogP contribution in [0.4, 0.5) is 0 Å². The first-order chi connectivity index (χ1) is 10.0. The first-order valence-corrected chi connectivity index (χ1v) is 8.16. The van der Waals surface area contributed by atoms with E-state index in [1.54, 1.807) is 25.3 Å². The van der Waals surface area contributed by atoms with Gasteiger partial charge in [-0.1, -0.05) is 12.1 Å². The molecule has 1 unspecified atom stereocenters. The molecule has 0 heterocycles. The second kappa shape index (κ2) is 6.87. The van der Waals surface area contributed by atoms with Crippen LogP contribution in [0.1, 0.15) is 15.9 Å². The number of ether oxygens (including phenoxy) is 1. The number of hydrogen-bond acceptors (Lipinski definition) is 3. The summed E-state index contributed by atoms with van der Waals surface area (Å²) in [6, 6.07) is 11.7. The van der Waals surface area contributed by atoms with Gasteiger partial charge in [0.1, 0.15) is 5.75 Å². The van der Waals surface area contributed by atoms with Crippen LogP contribution in [0.5, 0.6) is 5.75 Å². The monoisotopic (exact) mass is 368 g/mol. The third-order valence-electron chi connectivity index (χ3n) is 2.86. The molecule has 0 amide bonds. The molecule has 21 heavy (non-hydrogen) atoms. The maximum atomic E-state index is 12.3. The van der Waals surface area contributed by atoms with Crippen molar-refractivity contribution in [3.05, 3.63) is 58.1 Å². The number of carboxylic acids is 1. The van der Waals surface area contributed by atoms with E-state index in [1.165, 1.54) is 12.1 Å². The molecule has 4 nitrogen and oxygen atoms in total. The van der Waals surface area contributed by atoms with Crippen molar-refractivity contribution in [1.29, 1.82) is 0 Å². The smallest absolute Gasteiger partial charge is 0.335 e. The number of rotatable bonds is 5. The van der Waals surface area contributed by atoms with Crippen LogP contribution in [0.25, 0.3) is 0 Å². The first-order valence-electron chi connectivity index (χ1n) is 6.05. The molecule has 0 aromatic heterocycles. The van der Waals surface area contributed by atoms with E-state index < -0.39 is 16.8 Å². The Hall–Kier alpha value is -1.66. The van der Waals surface area contributed by atoms with E-state index in [2.05, 4.69) is 15.9 Å². The van der Waals surface area contributed by atoms with Crippen LogP contribution in [-0.2, 0) is 16.6 Å². The minimum atomic E-state index is -1.30. The fourth-order valence-corrected chi connectivity index (χ4v) is 3.53. The van der Waals surface area contributed by atoms with Crippen LogP contribution in [-0.4, -0.2) is 22.4 Å². The maximum absolute atomic E-state index is 12.3. The highest BCUT2D eigenvalue weighted by atomic mass is 79.9. The molecule has 0 fully saturated rings. The van der Waals surface area contributed by atoms with Crippen LogP contribution in [0, 0.1) is 0 Å². The number of aromatic carboxylic acids is 1. The molecule has 0 aliphatic carbocycles. The molecule has 0 bridgehead atoms. The number of carbonyl (C=O) groups is 1. The predicted octanol–water partition coefficient (Wildman–Crippen LogP) is 3.46. The highest BCUT2D eigenvalue weighted by Gasteiger charge is 2.10. The Morgan fingerprint density at radius 1 is 1.29 bits per heavy atom. The topological polar surface area (TPSA) is 63.6 Å². The van der Waals surface area contributed by atoms with Crippen molar-refractivity contribution in [3.63, 3.8) is 0 Å². The van der Waals surface area contributed by atoms with Gasteiger partial charge in [0.2, 0.25) is 0 Å². The number of hydrogen-bond donors (Lipinski definition) is 1. The summed E-state index contributed by atoms with van der Waals surface area (Å²) in [6.07, 6.45) is 0. The second-order valence-corrected chi connectivity index (χ2v) is 6.60. The first kappa shape index (κ1) is 15.7. The standard InChI is InChI=1S/C15H13BrO4S/c1-20-14-6-5-10(7-13(14)16)9-21(19)12-4-2-3-11(8-12)15(17)18/h2-8H,9H2,1H3,(H,17,18). The molecule has 1 N–H and O–H groups in total. The highest BCUT2D eigenvalue weighted by Crippen LogP contribution is 2.26. The molecule has 0 radical (unpaired) electrons. The summed E-state index contributed by atoms with van der Waals surface area (Å²) >= 11 is 3.38. The van der Waals surface area contributed by atoms with E-state index in [-0.39, 0.29) is 5.56 Å². The van der Waals surface area contributed by atoms with Crippen LogP contribution in [0.15, 0.2) is 51.8 Å². The highest BCUT2D eigenvalue weighted by molar-refractivity contribution is 9.10. The molecule has 2 rings (SSSR count). The Morgan fingerprint density at radius 3 is 2.67 bits per heavy atom. The van der Waals surface area contributed by atoms with Crippen molar-refractivity contribution in [2.45, 2.75) is 10.6 Å². The Labute approximate surface area is 133 Å². The Bertz CT molecular complexity index is 700. The van der Waals surface area contributed by atoms with Crippen molar-refractivity contribution in [1.82, 2.24) is 0 Å². The number of halogens is 1. The van der Waals surface area contributed by atoms with Gasteiger partial charge < -0.3 is 9.84 Å². The summed E-state index contributed by atoms with van der Waals surface area (Å²) in [4.78, 5) is 11.4. The van der Waals surface area contributed by atoms with Gasteiger partial charge in [-0.15, -0.1) is 0 Å². The second-order valence-electron chi connectivity index (χ2n) is 4.29. The maximum Gasteiger partial charge on any atom is 0.335 e. The van der Waals surface area contributed by atoms with Gasteiger partial charge in [0.25, 0.3) is 0 Å². The molecule has 0 saturated heterocycles. The summed E-state index contributed by atoms with van der Waals surface area (Å²) in [5, 5.41) is 8.96. The number of methoxy groups -OCH3 is 1. The van der Waals surface area contributed by atoms with E-state index in [4.69, 9.17) is 9.84 Å². The molecule has 110 valence electrons. The summed E-state index contributed by atoms with van der Waals surface area (Å²) in [7, 11) is 0.276. The van der Waals surface area contributed by atoms with E-state index in [0.29, 0.717) is 16.4 Å². The van der Waals surface area contributed by atoms with Gasteiger partial charge in [-0.05, 0) is 51.8 Å². The normalized spacial score (nSPS) is 11.9. The lowest BCUT2D eigenvalue weighted by Crippen LogP contribution is -2.01. The van der Waals surface area contributed by atoms with Crippen LogP contribution in [0.3, 0.4) is 0 Å². The van der Waals surface area contributed by atoms with Gasteiger partial charge in [-0.25, -0.2) is 4.79 Å². The van der Waals surface area contributed by atoms with Crippen molar-refractivity contribution in [2.24, 2.45) is 0 Å². The zero-order valence-electron chi connectivity index (χ0n) is 11.2. The molecule has 2 aromatic carbocycles. The Kier molecular flexibility index (Phi) is 5.14. The lowest BCUT2D eigenvalue weighted by molar-refractivity contribution is 0.0696. The SMILES string of the molecule is COc1ccc(CS(=O)c2cccc(C(=O)O)c2)cc1Br. The minimum absolute atomic E-state index is 0.136. The van der Waals surface area contributed by atoms with Gasteiger partial charge in [0, 0.05) is 4.90 Å². The molecule has 0 saturated carbocycles. The van der Waals surface area contributed by atoms with Gasteiger partial charge in [-0.3, -0.25) is 4.21 Å². The average Bonchev–Trinajstić information content (AvgIpc) is 2.47. The molecular formula is C15H13BrO4S. The fraction of sp³-hybridized carbons (Fsp3) is 0.133. The van der Waals surface area contributed by atoms with Gasteiger partial charge in [-0.2, -0.15) is 0 Å². The third-order valence-corrected chi connectivity index (χ3v) is 4.85. The zero-order valence-corrected chi connectivity index (χ0v) is 13.6. The largest absolute Gasteiger partial charge is 0.496 e. The summed E-state index contributed by atoms with van der Waals surface area (Å²) in [5.74, 6) is -0.00970. The van der Waals surface area contributed by atoms with Crippen molar-refractivity contribution in [3.8, 4) is 5.75 Å². The van der Waals surface area contributed by atoms with Crippen LogP contribution < -0.4 is 4.74 Å². The van der Waals surface area contributed by atoms with Crippen molar-refractivity contribution < 1.29 is 18.8 Å². The fourth-order valence-electron chi connectivity index (χ4n) is 1.81. The minimum Gasteiger partial charge on any atom is -0.496 e. The van der Waals surface area contributed by atoms with E-state index in [9.17, 15) is 9.00 Å². The van der Waals surface area contributed by atoms with Gasteiger partial charge in [0.15, 0.2) is 0 Å². The van der Waals surface area contributed by atoms with Crippen molar-refractivity contribution in [2.75, 3.05) is 7.11 Å². The third kappa shape index (κ3) is 3.92. The van der Waals surface area contributed by atoms with Crippen LogP contribution >= 0.6 is 15.9 Å². The van der Waals surface area contributed by atoms with Gasteiger partial charge in [0.05, 0.1) is 33.7 Å². The summed E-state index contributed by atoms with van der Waals surface area (Å²) in [5.41, 5.74) is 1.01. The lowest BCUT2D eigenvalue weighted by atomic mass is 10.2. The molecule has 0 aliphatic rings. The predicted molar refractivity (Wildman–Crippen MR) is 84.2 cm³/mol. The van der Waals surface area contributed by atoms with E-state index in [1.807, 2.05) is 12.1 Å². The molecule has 2 aromatic rings. The summed E-state index contributed by atoms with van der Waals surface area (Å²) < 4.78 is 18.3. The van der Waals surface area contributed by atoms with E-state index >= 15 is 0 Å². The summed E-state index contributed by atoms with van der Waals surface area (Å²) in [6.45, 7) is 0. The quantitative estimate of drug-likeness (QED) is 0.877. The molecule has 0 aliphatic heterocycles. The Balaban J connectivity index is 2.20. The number of carboxylic acid groups (broad SMARTS) is 1. The Morgan fingerprint density at radius 2 is 2.05 bits per heavy atom. The van der Waals surface area contributed by atoms with E-state index in [0.717, 1.165) is 10.0 Å². The average molecular weight is 369 g/mol. The van der Waals surface area contributed by atoms with Crippen LogP contribution in [0.2, 0.25) is 0 Å². The molecule has 0 spiro atoms. The zero-order chi connectivity index (χ0) is 15.4. The lowest BCUT2D eigenvalue weighted by Gasteiger charge is -2.07. The van der Waals surface area contributed by atoms with Crippen molar-refractivity contribution >= 4 is 32.7 Å². The molecular weight excluding hydrogens is 356 g/mol. The number of benzene rings is 2. The van der Waals surface area contributed by atoms with Gasteiger partial charge >= 0.3 is 5.97 Å². The molecule has 6 heteroatoms.